The fourth-order valence-electron chi connectivity index (χ4n) is 4.46. The molecule has 0 aliphatic rings. The Kier molecular flexibility index (Phi) is 12.0. The van der Waals surface area contributed by atoms with Gasteiger partial charge in [-0.05, 0) is 37.3 Å². The van der Waals surface area contributed by atoms with Crippen LogP contribution >= 0.6 is 0 Å². The molecule has 1 rings (SSSR count). The van der Waals surface area contributed by atoms with Gasteiger partial charge in [0.1, 0.15) is 6.04 Å². The minimum Gasteiger partial charge on any atom is -0.463 e. The van der Waals surface area contributed by atoms with Crippen LogP contribution in [0.2, 0.25) is 0 Å². The molecule has 0 heterocycles. The summed E-state index contributed by atoms with van der Waals surface area (Å²) < 4.78 is 5.12. The smallest absolute Gasteiger partial charge is 0.333 e. The van der Waals surface area contributed by atoms with Crippen molar-refractivity contribution in [1.29, 1.82) is 0 Å². The van der Waals surface area contributed by atoms with Crippen molar-refractivity contribution < 1.29 is 19.1 Å². The Labute approximate surface area is 224 Å². The highest BCUT2D eigenvalue weighted by Crippen LogP contribution is 2.29. The molecule has 3 atom stereocenters. The van der Waals surface area contributed by atoms with Crippen LogP contribution in [0.3, 0.4) is 0 Å². The van der Waals surface area contributed by atoms with E-state index in [1.807, 2.05) is 85.7 Å². The van der Waals surface area contributed by atoms with Crippen LogP contribution in [-0.4, -0.2) is 61.0 Å². The molecule has 1 aromatic carbocycles. The maximum Gasteiger partial charge on any atom is 0.333 e. The molecule has 1 unspecified atom stereocenters. The molecule has 0 fully saturated rings. The molecular formula is C30H49N3O4. The van der Waals surface area contributed by atoms with Gasteiger partial charge in [0.15, 0.2) is 0 Å². The third-order valence-electron chi connectivity index (χ3n) is 6.81. The second-order valence-electron chi connectivity index (χ2n) is 11.6. The van der Waals surface area contributed by atoms with E-state index >= 15 is 0 Å². The molecule has 0 radical (unpaired) electrons. The average molecular weight is 516 g/mol. The third kappa shape index (κ3) is 8.70. The molecule has 2 N–H and O–H groups in total. The molecule has 0 saturated heterocycles. The average Bonchev–Trinajstić information content (AvgIpc) is 2.82. The number of hydrogen-bond acceptors (Lipinski definition) is 5. The van der Waals surface area contributed by atoms with Crippen LogP contribution in [0.1, 0.15) is 74.8 Å². The van der Waals surface area contributed by atoms with Crippen LogP contribution in [0.4, 0.5) is 0 Å². The molecule has 0 bridgehead atoms. The highest BCUT2D eigenvalue weighted by molar-refractivity contribution is 5.92. The molecule has 0 aliphatic carbocycles. The number of carbonyl (C=O) groups excluding carboxylic acids is 3. The summed E-state index contributed by atoms with van der Waals surface area (Å²) in [6.07, 6.45) is 1.78. The van der Waals surface area contributed by atoms with Crippen LogP contribution in [0.5, 0.6) is 0 Å². The van der Waals surface area contributed by atoms with Gasteiger partial charge in [0, 0.05) is 18.0 Å². The Morgan fingerprint density at radius 3 is 2.03 bits per heavy atom. The Morgan fingerprint density at radius 2 is 1.57 bits per heavy atom. The molecule has 208 valence electrons. The topological polar surface area (TPSA) is 87.7 Å². The number of ether oxygens (including phenoxy) is 1. The molecule has 7 nitrogen and oxygen atoms in total. The van der Waals surface area contributed by atoms with Gasteiger partial charge in [-0.3, -0.25) is 9.59 Å². The fourth-order valence-corrected chi connectivity index (χ4v) is 4.46. The zero-order valence-electron chi connectivity index (χ0n) is 24.8. The number of carbonyl (C=O) groups is 3. The Balaban J connectivity index is 3.33. The Hall–Kier alpha value is -2.67. The molecule has 0 spiro atoms. The first kappa shape index (κ1) is 32.4. The van der Waals surface area contributed by atoms with Gasteiger partial charge < -0.3 is 20.3 Å². The van der Waals surface area contributed by atoms with E-state index in [1.54, 1.807) is 31.9 Å². The molecule has 2 amide bonds. The van der Waals surface area contributed by atoms with Crippen molar-refractivity contribution in [3.05, 3.63) is 47.5 Å². The van der Waals surface area contributed by atoms with Crippen LogP contribution in [0.15, 0.2) is 42.0 Å². The number of esters is 1. The van der Waals surface area contributed by atoms with Gasteiger partial charge in [-0.1, -0.05) is 91.8 Å². The number of rotatable bonds is 12. The SMILES string of the molecule is CCNC(C(=O)N[C@H](C(=O)N(C)[C@H](C=C(C)C(=O)OCC)C(C)C)C(C)(C)C)C(C)(C)c1ccccc1. The highest BCUT2D eigenvalue weighted by Gasteiger charge is 2.41. The highest BCUT2D eigenvalue weighted by atomic mass is 16.5. The summed E-state index contributed by atoms with van der Waals surface area (Å²) in [6.45, 7) is 20.2. The molecule has 0 aromatic heterocycles. The van der Waals surface area contributed by atoms with E-state index in [9.17, 15) is 14.4 Å². The standard InChI is InChI=1S/C30H49N3O4/c1-12-31-24(30(9,10)22-17-15-14-16-18-22)26(34)32-25(29(6,7)8)27(35)33(11)23(20(3)4)19-21(5)28(36)37-13-2/h14-20,23-25,31H,12-13H2,1-11H3,(H,32,34)/t23-,24?,25-/m1/s1. The largest absolute Gasteiger partial charge is 0.463 e. The fraction of sp³-hybridized carbons (Fsp3) is 0.633. The second kappa shape index (κ2) is 13.8. The Morgan fingerprint density at radius 1 is 1.00 bits per heavy atom. The van der Waals surface area contributed by atoms with Gasteiger partial charge in [0.05, 0.1) is 18.7 Å². The minimum atomic E-state index is -0.768. The van der Waals surface area contributed by atoms with Crippen molar-refractivity contribution in [2.24, 2.45) is 11.3 Å². The number of amides is 2. The van der Waals surface area contributed by atoms with Crippen LogP contribution in [0, 0.1) is 11.3 Å². The van der Waals surface area contributed by atoms with E-state index in [1.165, 1.54) is 0 Å². The van der Waals surface area contributed by atoms with Crippen molar-refractivity contribution in [2.45, 2.75) is 92.8 Å². The molecular weight excluding hydrogens is 466 g/mol. The van der Waals surface area contributed by atoms with Gasteiger partial charge in [0.25, 0.3) is 0 Å². The number of nitrogens with one attached hydrogen (secondary N) is 2. The third-order valence-corrected chi connectivity index (χ3v) is 6.81. The van der Waals surface area contributed by atoms with Crippen LogP contribution in [-0.2, 0) is 24.5 Å². The molecule has 0 aliphatic heterocycles. The van der Waals surface area contributed by atoms with Crippen molar-refractivity contribution in [3.63, 3.8) is 0 Å². The first-order valence-corrected chi connectivity index (χ1v) is 13.3. The normalized spacial score (nSPS) is 15.1. The predicted octanol–water partition coefficient (Wildman–Crippen LogP) is 4.47. The van der Waals surface area contributed by atoms with E-state index < -0.39 is 28.9 Å². The first-order chi connectivity index (χ1) is 17.1. The quantitative estimate of drug-likeness (QED) is 0.317. The lowest BCUT2D eigenvalue weighted by Gasteiger charge is -2.40. The van der Waals surface area contributed by atoms with E-state index in [0.717, 1.165) is 5.56 Å². The van der Waals surface area contributed by atoms with Crippen LogP contribution in [0.25, 0.3) is 0 Å². The summed E-state index contributed by atoms with van der Waals surface area (Å²) in [5.41, 5.74) is 0.425. The molecule has 7 heteroatoms. The van der Waals surface area contributed by atoms with E-state index in [-0.39, 0.29) is 30.4 Å². The van der Waals surface area contributed by atoms with E-state index in [0.29, 0.717) is 12.1 Å². The number of nitrogens with zero attached hydrogens (tertiary/aromatic N) is 1. The molecule has 1 aromatic rings. The second-order valence-corrected chi connectivity index (χ2v) is 11.6. The van der Waals surface area contributed by atoms with Gasteiger partial charge in [0.2, 0.25) is 11.8 Å². The van der Waals surface area contributed by atoms with Crippen molar-refractivity contribution in [2.75, 3.05) is 20.2 Å². The zero-order valence-corrected chi connectivity index (χ0v) is 24.8. The van der Waals surface area contributed by atoms with Gasteiger partial charge >= 0.3 is 5.97 Å². The molecule has 0 saturated carbocycles. The van der Waals surface area contributed by atoms with Gasteiger partial charge in [-0.2, -0.15) is 0 Å². The summed E-state index contributed by atoms with van der Waals surface area (Å²) in [5, 5.41) is 6.42. The summed E-state index contributed by atoms with van der Waals surface area (Å²) in [7, 11) is 1.72. The zero-order chi connectivity index (χ0) is 28.6. The van der Waals surface area contributed by atoms with Gasteiger partial charge in [-0.25, -0.2) is 4.79 Å². The van der Waals surface area contributed by atoms with Crippen molar-refractivity contribution >= 4 is 17.8 Å². The lowest BCUT2D eigenvalue weighted by atomic mass is 9.76. The summed E-state index contributed by atoms with van der Waals surface area (Å²) >= 11 is 0. The summed E-state index contributed by atoms with van der Waals surface area (Å²) in [6, 6.07) is 8.26. The maximum absolute atomic E-state index is 13.9. The van der Waals surface area contributed by atoms with Crippen molar-refractivity contribution in [1.82, 2.24) is 15.5 Å². The van der Waals surface area contributed by atoms with E-state index in [4.69, 9.17) is 4.74 Å². The molecule has 37 heavy (non-hydrogen) atoms. The van der Waals surface area contributed by atoms with Crippen LogP contribution < -0.4 is 10.6 Å². The Bertz CT molecular complexity index is 932. The lowest BCUT2D eigenvalue weighted by molar-refractivity contribution is -0.141. The first-order valence-electron chi connectivity index (χ1n) is 13.3. The minimum absolute atomic E-state index is 0.0427. The number of benzene rings is 1. The summed E-state index contributed by atoms with van der Waals surface area (Å²) in [5.74, 6) is -0.788. The van der Waals surface area contributed by atoms with E-state index in [2.05, 4.69) is 10.6 Å². The predicted molar refractivity (Wildman–Crippen MR) is 150 cm³/mol. The number of likely N-dealkylation sites (N-methyl/N-ethyl adjacent to an activating group) is 2. The van der Waals surface area contributed by atoms with Gasteiger partial charge in [-0.15, -0.1) is 0 Å². The summed E-state index contributed by atoms with van der Waals surface area (Å²) in [4.78, 5) is 41.5. The maximum atomic E-state index is 13.9. The van der Waals surface area contributed by atoms with Crippen molar-refractivity contribution in [3.8, 4) is 0 Å². The monoisotopic (exact) mass is 515 g/mol. The number of hydrogen-bond donors (Lipinski definition) is 2. The lowest BCUT2D eigenvalue weighted by Crippen LogP contribution is -2.62.